The molecule has 3 aliphatic heterocycles. The molecule has 3 aliphatic carbocycles. The molecule has 6 unspecified atom stereocenters. The molecule has 1 saturated heterocycles. The first kappa shape index (κ1) is 35.6. The van der Waals surface area contributed by atoms with Gasteiger partial charge in [-0.15, -0.1) is 11.8 Å². The highest BCUT2D eigenvalue weighted by molar-refractivity contribution is 8.00. The van der Waals surface area contributed by atoms with Gasteiger partial charge < -0.3 is 4.90 Å². The van der Waals surface area contributed by atoms with Crippen molar-refractivity contribution in [2.45, 2.75) is 59.5 Å². The summed E-state index contributed by atoms with van der Waals surface area (Å²) < 4.78 is 0. The zero-order valence-corrected chi connectivity index (χ0v) is 33.7. The molecule has 286 valence electrons. The lowest BCUT2D eigenvalue weighted by Gasteiger charge is -2.51. The van der Waals surface area contributed by atoms with Gasteiger partial charge >= 0.3 is 0 Å². The Balaban J connectivity index is 1.04. The van der Waals surface area contributed by atoms with Crippen LogP contribution in [0.3, 0.4) is 0 Å². The highest BCUT2D eigenvalue weighted by atomic mass is 32.2. The average Bonchev–Trinajstić information content (AvgIpc) is 3.84. The Labute approximate surface area is 346 Å². The van der Waals surface area contributed by atoms with Crippen LogP contribution in [-0.2, 0) is 0 Å². The van der Waals surface area contributed by atoms with E-state index < -0.39 is 0 Å². The summed E-state index contributed by atoms with van der Waals surface area (Å²) in [5.41, 5.74) is 14.2. The predicted octanol–water partition coefficient (Wildman–Crippen LogP) is 11.2. The van der Waals surface area contributed by atoms with Crippen LogP contribution in [0.4, 0.5) is 5.69 Å². The average molecular weight is 774 g/mol. The Morgan fingerprint density at radius 2 is 1.36 bits per heavy atom. The van der Waals surface area contributed by atoms with E-state index in [1.165, 1.54) is 55.1 Å². The normalized spacial score (nSPS) is 27.1. The van der Waals surface area contributed by atoms with Gasteiger partial charge in [0, 0.05) is 44.6 Å². The fourth-order valence-corrected chi connectivity index (χ4v) is 11.9. The molecule has 4 aromatic carbocycles. The minimum Gasteiger partial charge on any atom is -0.357 e. The van der Waals surface area contributed by atoms with Crippen LogP contribution in [0.1, 0.15) is 70.8 Å². The molecule has 0 spiro atoms. The summed E-state index contributed by atoms with van der Waals surface area (Å²) in [5, 5.41) is 4.24. The van der Waals surface area contributed by atoms with Crippen LogP contribution in [0.5, 0.6) is 0 Å². The second kappa shape index (κ2) is 14.7. The number of allylic oxidation sites excluding steroid dienone is 7. The van der Waals surface area contributed by atoms with E-state index in [9.17, 15) is 0 Å². The summed E-state index contributed by atoms with van der Waals surface area (Å²) in [5.74, 6) is 0.241. The SMILES string of the molecule is CN1C(c2ccccc2)NC(c2ccccc2)N(C)C1c1cc(-c2ccccc2)cnc1C1=CC=CC2c3c(ccc4c3C3=CC=CCC3N4C3C=CC=CC3)SC12. The summed E-state index contributed by atoms with van der Waals surface area (Å²) in [6.45, 7) is 0. The van der Waals surface area contributed by atoms with E-state index in [1.54, 1.807) is 0 Å². The van der Waals surface area contributed by atoms with Crippen LogP contribution in [0.2, 0.25) is 0 Å². The van der Waals surface area contributed by atoms with Crippen LogP contribution < -0.4 is 10.2 Å². The van der Waals surface area contributed by atoms with E-state index >= 15 is 0 Å². The van der Waals surface area contributed by atoms with Crippen molar-refractivity contribution in [1.29, 1.82) is 0 Å². The fraction of sp³-hybridized carbons (Fsp3) is 0.212. The quantitative estimate of drug-likeness (QED) is 0.185. The highest BCUT2D eigenvalue weighted by Crippen LogP contribution is 2.60. The molecule has 11 rings (SSSR count). The van der Waals surface area contributed by atoms with E-state index in [1.807, 2.05) is 11.8 Å². The van der Waals surface area contributed by atoms with E-state index in [0.717, 1.165) is 24.1 Å². The molecule has 1 aromatic heterocycles. The van der Waals surface area contributed by atoms with Gasteiger partial charge in [-0.05, 0) is 78.5 Å². The first-order valence-corrected chi connectivity index (χ1v) is 21.6. The molecule has 0 amide bonds. The van der Waals surface area contributed by atoms with Crippen LogP contribution in [0, 0.1) is 0 Å². The molecule has 58 heavy (non-hydrogen) atoms. The van der Waals surface area contributed by atoms with Crippen molar-refractivity contribution >= 4 is 28.6 Å². The summed E-state index contributed by atoms with van der Waals surface area (Å²) in [6.07, 6.45) is 27.3. The molecule has 4 heterocycles. The number of benzene rings is 4. The van der Waals surface area contributed by atoms with Gasteiger partial charge in [0.05, 0.1) is 36.3 Å². The number of hydrogen-bond acceptors (Lipinski definition) is 6. The zero-order chi connectivity index (χ0) is 38.7. The third-order valence-corrected chi connectivity index (χ3v) is 14.5. The molecule has 0 bridgehead atoms. The van der Waals surface area contributed by atoms with Crippen molar-refractivity contribution in [3.8, 4) is 11.1 Å². The molecule has 0 saturated carbocycles. The van der Waals surface area contributed by atoms with E-state index in [2.05, 4.69) is 210 Å². The van der Waals surface area contributed by atoms with Crippen molar-refractivity contribution in [2.24, 2.45) is 0 Å². The highest BCUT2D eigenvalue weighted by Gasteiger charge is 2.47. The molecule has 6 atom stereocenters. The van der Waals surface area contributed by atoms with E-state index in [4.69, 9.17) is 4.98 Å². The number of pyridine rings is 1. The minimum absolute atomic E-state index is 0.0234. The molecular formula is C52H47N5S. The Bertz CT molecular complexity index is 2500. The standard InChI is InChI=1S/C52H47N5S/c1-55-50(35-20-9-4-10-21-35)54-51(36-22-11-5-12-23-36)56(2)52(55)42-32-37(34-18-7-3-8-19-34)33-53-48(42)41-28-17-27-40-47-45(58-49(40)41)31-30-44-46(47)39-26-15-16-29-43(39)57(44)38-24-13-6-14-25-38/h3-24,26-28,30-33,38,40,43,49-52,54H,25,29H2,1-2H3. The molecule has 6 heteroatoms. The van der Waals surface area contributed by atoms with Gasteiger partial charge in [0.2, 0.25) is 0 Å². The number of thioether (sulfide) groups is 1. The molecule has 5 nitrogen and oxygen atoms in total. The van der Waals surface area contributed by atoms with Gasteiger partial charge in [0.1, 0.15) is 0 Å². The number of nitrogens with one attached hydrogen (secondary N) is 1. The second-order valence-corrected chi connectivity index (χ2v) is 17.5. The van der Waals surface area contributed by atoms with Crippen molar-refractivity contribution in [2.75, 3.05) is 19.0 Å². The number of aromatic nitrogens is 1. The minimum atomic E-state index is -0.0859. The Morgan fingerprint density at radius 1 is 0.672 bits per heavy atom. The van der Waals surface area contributed by atoms with Gasteiger partial charge in [-0.25, -0.2) is 0 Å². The summed E-state index contributed by atoms with van der Waals surface area (Å²) >= 11 is 2.03. The molecule has 1 fully saturated rings. The number of nitrogens with zero attached hydrogens (tertiary/aromatic N) is 4. The van der Waals surface area contributed by atoms with Crippen molar-refractivity contribution in [3.63, 3.8) is 0 Å². The largest absolute Gasteiger partial charge is 0.357 e. The second-order valence-electron chi connectivity index (χ2n) is 16.3. The number of fused-ring (bicyclic) bond motifs is 7. The molecule has 6 aliphatic rings. The predicted molar refractivity (Wildman–Crippen MR) is 240 cm³/mol. The maximum absolute atomic E-state index is 5.52. The third kappa shape index (κ3) is 5.84. The van der Waals surface area contributed by atoms with Gasteiger partial charge in [0.15, 0.2) is 0 Å². The monoisotopic (exact) mass is 773 g/mol. The Hall–Kier alpha value is -5.50. The van der Waals surface area contributed by atoms with Gasteiger partial charge in [0.25, 0.3) is 0 Å². The lowest BCUT2D eigenvalue weighted by molar-refractivity contribution is -0.0662. The number of hydrogen-bond donors (Lipinski definition) is 1. The van der Waals surface area contributed by atoms with Crippen LogP contribution in [0.15, 0.2) is 181 Å². The molecule has 0 radical (unpaired) electrons. The van der Waals surface area contributed by atoms with E-state index in [-0.39, 0.29) is 29.7 Å². The maximum atomic E-state index is 5.52. The maximum Gasteiger partial charge on any atom is 0.0932 e. The zero-order valence-electron chi connectivity index (χ0n) is 32.9. The molecular weight excluding hydrogens is 727 g/mol. The van der Waals surface area contributed by atoms with Gasteiger partial charge in [-0.1, -0.05) is 152 Å². The fourth-order valence-electron chi connectivity index (χ4n) is 10.5. The lowest BCUT2D eigenvalue weighted by atomic mass is 9.81. The van der Waals surface area contributed by atoms with Crippen molar-refractivity contribution in [3.05, 3.63) is 210 Å². The Morgan fingerprint density at radius 3 is 2.07 bits per heavy atom. The van der Waals surface area contributed by atoms with Gasteiger partial charge in [-0.3, -0.25) is 20.1 Å². The molecule has 1 N–H and O–H groups in total. The van der Waals surface area contributed by atoms with Crippen molar-refractivity contribution < 1.29 is 0 Å². The summed E-state index contributed by atoms with van der Waals surface area (Å²) in [7, 11) is 4.53. The van der Waals surface area contributed by atoms with E-state index in [0.29, 0.717) is 12.1 Å². The first-order chi connectivity index (χ1) is 28.6. The van der Waals surface area contributed by atoms with Gasteiger partial charge in [-0.2, -0.15) is 0 Å². The lowest BCUT2D eigenvalue weighted by Crippen LogP contribution is -2.55. The van der Waals surface area contributed by atoms with Crippen LogP contribution in [-0.4, -0.2) is 46.2 Å². The molecule has 5 aromatic rings. The summed E-state index contributed by atoms with van der Waals surface area (Å²) in [4.78, 5) is 14.6. The number of anilines is 1. The summed E-state index contributed by atoms with van der Waals surface area (Å²) in [6, 6.07) is 40.5. The first-order valence-electron chi connectivity index (χ1n) is 20.7. The van der Waals surface area contributed by atoms with Crippen molar-refractivity contribution in [1.82, 2.24) is 20.1 Å². The third-order valence-electron chi connectivity index (χ3n) is 13.1. The Kier molecular flexibility index (Phi) is 9.04. The topological polar surface area (TPSA) is 34.6 Å². The smallest absolute Gasteiger partial charge is 0.0932 e. The van der Waals surface area contributed by atoms with Crippen LogP contribution >= 0.6 is 11.8 Å². The number of rotatable bonds is 6. The van der Waals surface area contributed by atoms with Crippen LogP contribution in [0.25, 0.3) is 22.3 Å².